The number of amides is 1. The van der Waals surface area contributed by atoms with Crippen LogP contribution in [0.5, 0.6) is 5.75 Å². The van der Waals surface area contributed by atoms with Gasteiger partial charge in [-0.25, -0.2) is 0 Å². The van der Waals surface area contributed by atoms with Crippen molar-refractivity contribution in [2.45, 2.75) is 6.54 Å². The lowest BCUT2D eigenvalue weighted by molar-refractivity contribution is -0.117. The minimum atomic E-state index is -0.00382. The fourth-order valence-corrected chi connectivity index (χ4v) is 3.25. The molecular formula is C20H24ClN3O2. The molecule has 1 N–H and O–H groups in total. The third-order valence-electron chi connectivity index (χ3n) is 4.51. The van der Waals surface area contributed by atoms with Gasteiger partial charge in [0, 0.05) is 43.4 Å². The lowest BCUT2D eigenvalue weighted by atomic mass is 10.2. The maximum Gasteiger partial charge on any atom is 0.238 e. The Kier molecular flexibility index (Phi) is 6.50. The zero-order valence-electron chi connectivity index (χ0n) is 15.0. The fourth-order valence-electron chi connectivity index (χ4n) is 3.06. The van der Waals surface area contributed by atoms with Crippen LogP contribution >= 0.6 is 11.6 Å². The van der Waals surface area contributed by atoms with Crippen molar-refractivity contribution in [3.05, 3.63) is 59.1 Å². The van der Waals surface area contributed by atoms with Gasteiger partial charge < -0.3 is 10.1 Å². The van der Waals surface area contributed by atoms with E-state index in [4.69, 9.17) is 16.3 Å². The van der Waals surface area contributed by atoms with Crippen LogP contribution in [0.3, 0.4) is 0 Å². The summed E-state index contributed by atoms with van der Waals surface area (Å²) in [6.07, 6.45) is 0. The third-order valence-corrected chi connectivity index (χ3v) is 4.74. The smallest absolute Gasteiger partial charge is 0.238 e. The summed E-state index contributed by atoms with van der Waals surface area (Å²) in [5, 5.41) is 3.52. The van der Waals surface area contributed by atoms with Crippen molar-refractivity contribution in [2.75, 3.05) is 45.2 Å². The van der Waals surface area contributed by atoms with Crippen LogP contribution in [0.25, 0.3) is 0 Å². The number of hydrogen-bond donors (Lipinski definition) is 1. The molecule has 6 heteroatoms. The quantitative estimate of drug-likeness (QED) is 0.845. The Hall–Kier alpha value is -2.08. The van der Waals surface area contributed by atoms with Gasteiger partial charge in [0.2, 0.25) is 5.91 Å². The van der Waals surface area contributed by atoms with Gasteiger partial charge in [0.15, 0.2) is 0 Å². The molecule has 0 aromatic heterocycles. The van der Waals surface area contributed by atoms with E-state index in [1.165, 1.54) is 5.56 Å². The van der Waals surface area contributed by atoms with E-state index in [1.54, 1.807) is 19.2 Å². The molecule has 1 aliphatic rings. The largest absolute Gasteiger partial charge is 0.497 e. The highest BCUT2D eigenvalue weighted by Gasteiger charge is 2.19. The van der Waals surface area contributed by atoms with E-state index in [9.17, 15) is 4.79 Å². The normalized spacial score (nSPS) is 15.6. The van der Waals surface area contributed by atoms with Crippen molar-refractivity contribution in [3.8, 4) is 5.75 Å². The minimum absolute atomic E-state index is 0.00382. The van der Waals surface area contributed by atoms with E-state index in [1.807, 2.05) is 24.3 Å². The molecule has 1 fully saturated rings. The zero-order chi connectivity index (χ0) is 18.4. The monoisotopic (exact) mass is 373 g/mol. The van der Waals surface area contributed by atoms with Crippen LogP contribution in [-0.4, -0.2) is 55.5 Å². The molecule has 0 aliphatic carbocycles. The van der Waals surface area contributed by atoms with E-state index in [2.05, 4.69) is 27.2 Å². The van der Waals surface area contributed by atoms with E-state index in [0.717, 1.165) is 44.2 Å². The number of piperazine rings is 1. The second kappa shape index (κ2) is 9.03. The van der Waals surface area contributed by atoms with Crippen LogP contribution < -0.4 is 10.1 Å². The highest BCUT2D eigenvalue weighted by molar-refractivity contribution is 6.30. The van der Waals surface area contributed by atoms with E-state index < -0.39 is 0 Å². The molecule has 0 bridgehead atoms. The van der Waals surface area contributed by atoms with E-state index in [-0.39, 0.29) is 5.91 Å². The summed E-state index contributed by atoms with van der Waals surface area (Å²) >= 11 is 5.95. The second-order valence-electron chi connectivity index (χ2n) is 6.46. The van der Waals surface area contributed by atoms with Crippen molar-refractivity contribution < 1.29 is 9.53 Å². The SMILES string of the molecule is COc1ccc(CN2CCN(CC(=O)Nc3cccc(Cl)c3)CC2)cc1. The maximum atomic E-state index is 12.2. The highest BCUT2D eigenvalue weighted by atomic mass is 35.5. The van der Waals surface area contributed by atoms with E-state index >= 15 is 0 Å². The first kappa shape index (κ1) is 18.7. The van der Waals surface area contributed by atoms with Crippen LogP contribution in [-0.2, 0) is 11.3 Å². The number of carbonyl (C=O) groups is 1. The lowest BCUT2D eigenvalue weighted by Crippen LogP contribution is -2.48. The molecule has 5 nitrogen and oxygen atoms in total. The first-order valence-electron chi connectivity index (χ1n) is 8.75. The van der Waals surface area contributed by atoms with Gasteiger partial charge in [-0.3, -0.25) is 14.6 Å². The van der Waals surface area contributed by atoms with E-state index in [0.29, 0.717) is 11.6 Å². The number of ether oxygens (including phenoxy) is 1. The molecule has 0 unspecified atom stereocenters. The van der Waals surface area contributed by atoms with Crippen molar-refractivity contribution >= 4 is 23.2 Å². The Morgan fingerprint density at radius 2 is 1.77 bits per heavy atom. The summed E-state index contributed by atoms with van der Waals surface area (Å²) in [7, 11) is 1.68. The van der Waals surface area contributed by atoms with Crippen LogP contribution in [0.15, 0.2) is 48.5 Å². The van der Waals surface area contributed by atoms with Crippen LogP contribution in [0.2, 0.25) is 5.02 Å². The Labute approximate surface area is 159 Å². The standard InChI is InChI=1S/C20H24ClN3O2/c1-26-19-7-5-16(6-8-19)14-23-9-11-24(12-10-23)15-20(25)22-18-4-2-3-17(21)13-18/h2-8,13H,9-12,14-15H2,1H3,(H,22,25). The molecular weight excluding hydrogens is 350 g/mol. The van der Waals surface area contributed by atoms with Crippen molar-refractivity contribution in [3.63, 3.8) is 0 Å². The molecule has 0 saturated carbocycles. The summed E-state index contributed by atoms with van der Waals surface area (Å²) in [5.41, 5.74) is 2.01. The molecule has 0 spiro atoms. The summed E-state index contributed by atoms with van der Waals surface area (Å²) < 4.78 is 5.19. The zero-order valence-corrected chi connectivity index (χ0v) is 15.7. The molecule has 1 heterocycles. The summed E-state index contributed by atoms with van der Waals surface area (Å²) in [6, 6.07) is 15.4. The summed E-state index contributed by atoms with van der Waals surface area (Å²) in [5.74, 6) is 0.875. The van der Waals surface area contributed by atoms with Crippen LogP contribution in [0.4, 0.5) is 5.69 Å². The van der Waals surface area contributed by atoms with Crippen molar-refractivity contribution in [1.29, 1.82) is 0 Å². The Morgan fingerprint density at radius 3 is 2.42 bits per heavy atom. The number of benzene rings is 2. The van der Waals surface area contributed by atoms with Gasteiger partial charge in [0.25, 0.3) is 0 Å². The van der Waals surface area contributed by atoms with Crippen LogP contribution in [0.1, 0.15) is 5.56 Å². The molecule has 1 saturated heterocycles. The Morgan fingerprint density at radius 1 is 1.08 bits per heavy atom. The van der Waals surface area contributed by atoms with Gasteiger partial charge in [-0.05, 0) is 35.9 Å². The molecule has 1 aliphatic heterocycles. The van der Waals surface area contributed by atoms with Crippen molar-refractivity contribution in [2.24, 2.45) is 0 Å². The first-order valence-corrected chi connectivity index (χ1v) is 9.13. The van der Waals surface area contributed by atoms with Gasteiger partial charge in [0.05, 0.1) is 13.7 Å². The molecule has 138 valence electrons. The number of nitrogens with one attached hydrogen (secondary N) is 1. The minimum Gasteiger partial charge on any atom is -0.497 e. The van der Waals surface area contributed by atoms with Crippen LogP contribution in [0, 0.1) is 0 Å². The number of nitrogens with zero attached hydrogens (tertiary/aromatic N) is 2. The lowest BCUT2D eigenvalue weighted by Gasteiger charge is -2.34. The Balaban J connectivity index is 1.42. The summed E-state index contributed by atoms with van der Waals surface area (Å²) in [6.45, 7) is 5.01. The molecule has 0 atom stereocenters. The molecule has 1 amide bonds. The number of methoxy groups -OCH3 is 1. The third kappa shape index (κ3) is 5.46. The molecule has 2 aromatic rings. The number of carbonyl (C=O) groups excluding carboxylic acids is 1. The number of hydrogen-bond acceptors (Lipinski definition) is 4. The predicted octanol–water partition coefficient (Wildman–Crippen LogP) is 3.10. The average molecular weight is 374 g/mol. The Bertz CT molecular complexity index is 728. The molecule has 2 aromatic carbocycles. The van der Waals surface area contributed by atoms with Crippen molar-refractivity contribution in [1.82, 2.24) is 9.80 Å². The first-order chi connectivity index (χ1) is 12.6. The average Bonchev–Trinajstić information content (AvgIpc) is 2.64. The number of anilines is 1. The summed E-state index contributed by atoms with van der Waals surface area (Å²) in [4.78, 5) is 16.8. The maximum absolute atomic E-state index is 12.2. The number of halogens is 1. The molecule has 3 rings (SSSR count). The van der Waals surface area contributed by atoms with Gasteiger partial charge in [-0.2, -0.15) is 0 Å². The highest BCUT2D eigenvalue weighted by Crippen LogP contribution is 2.16. The van der Waals surface area contributed by atoms with Gasteiger partial charge >= 0.3 is 0 Å². The van der Waals surface area contributed by atoms with Gasteiger partial charge in [-0.15, -0.1) is 0 Å². The van der Waals surface area contributed by atoms with Gasteiger partial charge in [0.1, 0.15) is 5.75 Å². The molecule has 0 radical (unpaired) electrons. The number of rotatable bonds is 6. The molecule has 26 heavy (non-hydrogen) atoms. The van der Waals surface area contributed by atoms with Gasteiger partial charge in [-0.1, -0.05) is 29.8 Å². The predicted molar refractivity (Wildman–Crippen MR) is 105 cm³/mol. The topological polar surface area (TPSA) is 44.8 Å². The fraction of sp³-hybridized carbons (Fsp3) is 0.350. The second-order valence-corrected chi connectivity index (χ2v) is 6.90.